The standard InChI is InChI=1S/C22H25F2N5O2/c1-14-25-12-19(31-14)15-3-4-16-11-26-21(27-18(16)9-15)10-22(30)29-7-5-17(6-8-29)28(2)13-20(23)24/h3-4,9,11-12,17,20H,5-8,10,13H2,1-2H3. The highest BCUT2D eigenvalue weighted by atomic mass is 19.3. The van der Waals surface area contributed by atoms with Crippen LogP contribution in [0, 0.1) is 6.92 Å². The lowest BCUT2D eigenvalue weighted by Crippen LogP contribution is -2.47. The zero-order valence-electron chi connectivity index (χ0n) is 17.6. The zero-order valence-corrected chi connectivity index (χ0v) is 17.6. The fourth-order valence-electron chi connectivity index (χ4n) is 3.96. The number of aromatic nitrogens is 3. The van der Waals surface area contributed by atoms with Crippen molar-refractivity contribution in [1.29, 1.82) is 0 Å². The van der Waals surface area contributed by atoms with Crippen molar-refractivity contribution in [3.05, 3.63) is 42.3 Å². The summed E-state index contributed by atoms with van der Waals surface area (Å²) in [6, 6.07) is 5.81. The molecule has 1 saturated heterocycles. The average Bonchev–Trinajstić information content (AvgIpc) is 3.19. The number of aryl methyl sites for hydroxylation is 1. The van der Waals surface area contributed by atoms with Gasteiger partial charge in [-0.1, -0.05) is 12.1 Å². The Balaban J connectivity index is 1.41. The average molecular weight is 429 g/mol. The quantitative estimate of drug-likeness (QED) is 0.598. The molecule has 0 atom stereocenters. The smallest absolute Gasteiger partial charge is 0.251 e. The number of hydrogen-bond donors (Lipinski definition) is 0. The molecule has 0 N–H and O–H groups in total. The highest BCUT2D eigenvalue weighted by Gasteiger charge is 2.26. The van der Waals surface area contributed by atoms with Gasteiger partial charge in [-0.3, -0.25) is 9.69 Å². The van der Waals surface area contributed by atoms with Crippen LogP contribution in [0.3, 0.4) is 0 Å². The van der Waals surface area contributed by atoms with Crippen molar-refractivity contribution in [2.75, 3.05) is 26.7 Å². The summed E-state index contributed by atoms with van der Waals surface area (Å²) in [5, 5.41) is 0.874. The van der Waals surface area contributed by atoms with E-state index >= 15 is 0 Å². The van der Waals surface area contributed by atoms with Crippen LogP contribution < -0.4 is 0 Å². The number of nitrogens with zero attached hydrogens (tertiary/aromatic N) is 5. The Morgan fingerprint density at radius 2 is 2.03 bits per heavy atom. The molecule has 2 aromatic heterocycles. The maximum absolute atomic E-state index is 12.7. The summed E-state index contributed by atoms with van der Waals surface area (Å²) in [5.41, 5.74) is 1.59. The van der Waals surface area contributed by atoms with E-state index in [-0.39, 0.29) is 24.9 Å². The molecule has 1 aliphatic heterocycles. The van der Waals surface area contributed by atoms with Crippen LogP contribution in [-0.4, -0.2) is 69.8 Å². The largest absolute Gasteiger partial charge is 0.441 e. The molecule has 164 valence electrons. The second-order valence-corrected chi connectivity index (χ2v) is 7.92. The predicted octanol–water partition coefficient (Wildman–Crippen LogP) is 3.32. The molecule has 1 amide bonds. The van der Waals surface area contributed by atoms with Gasteiger partial charge in [-0.25, -0.2) is 23.7 Å². The summed E-state index contributed by atoms with van der Waals surface area (Å²) in [6.07, 6.45) is 2.53. The minimum absolute atomic E-state index is 0.0451. The molecule has 0 radical (unpaired) electrons. The van der Waals surface area contributed by atoms with Gasteiger partial charge in [0.2, 0.25) is 5.91 Å². The molecule has 31 heavy (non-hydrogen) atoms. The van der Waals surface area contributed by atoms with E-state index in [1.54, 1.807) is 36.2 Å². The summed E-state index contributed by atoms with van der Waals surface area (Å²) in [7, 11) is 1.71. The summed E-state index contributed by atoms with van der Waals surface area (Å²) >= 11 is 0. The summed E-state index contributed by atoms with van der Waals surface area (Å²) in [6.45, 7) is 2.66. The monoisotopic (exact) mass is 429 g/mol. The highest BCUT2D eigenvalue weighted by Crippen LogP contribution is 2.24. The van der Waals surface area contributed by atoms with Crippen LogP contribution in [-0.2, 0) is 11.2 Å². The van der Waals surface area contributed by atoms with Crippen LogP contribution in [0.2, 0.25) is 0 Å². The van der Waals surface area contributed by atoms with Gasteiger partial charge in [-0.05, 0) is 26.0 Å². The first kappa shape index (κ1) is 21.3. The molecule has 0 aliphatic carbocycles. The lowest BCUT2D eigenvalue weighted by atomic mass is 10.0. The van der Waals surface area contributed by atoms with Crippen LogP contribution in [0.4, 0.5) is 8.78 Å². The van der Waals surface area contributed by atoms with E-state index in [1.165, 1.54) is 0 Å². The van der Waals surface area contributed by atoms with E-state index in [2.05, 4.69) is 15.0 Å². The van der Waals surface area contributed by atoms with Crippen molar-refractivity contribution >= 4 is 16.8 Å². The third-order valence-corrected chi connectivity index (χ3v) is 5.71. The highest BCUT2D eigenvalue weighted by molar-refractivity contribution is 5.83. The number of rotatable bonds is 6. The Hall–Kier alpha value is -2.94. The van der Waals surface area contributed by atoms with Crippen LogP contribution in [0.5, 0.6) is 0 Å². The number of carbonyl (C=O) groups is 1. The first-order chi connectivity index (χ1) is 14.9. The molecule has 1 aromatic carbocycles. The topological polar surface area (TPSA) is 75.4 Å². The Bertz CT molecular complexity index is 1060. The van der Waals surface area contributed by atoms with Gasteiger partial charge in [0.15, 0.2) is 11.7 Å². The maximum Gasteiger partial charge on any atom is 0.251 e. The number of amides is 1. The molecule has 7 nitrogen and oxygen atoms in total. The van der Waals surface area contributed by atoms with Gasteiger partial charge in [-0.15, -0.1) is 0 Å². The first-order valence-electron chi connectivity index (χ1n) is 10.3. The van der Waals surface area contributed by atoms with Crippen LogP contribution in [0.15, 0.2) is 35.0 Å². The van der Waals surface area contributed by atoms with Gasteiger partial charge in [0.05, 0.1) is 24.7 Å². The fraction of sp³-hybridized carbons (Fsp3) is 0.455. The van der Waals surface area contributed by atoms with Gasteiger partial charge in [0.1, 0.15) is 5.82 Å². The molecule has 3 aromatic rings. The van der Waals surface area contributed by atoms with E-state index in [4.69, 9.17) is 4.42 Å². The summed E-state index contributed by atoms with van der Waals surface area (Å²) in [4.78, 5) is 29.2. The number of alkyl halides is 2. The van der Waals surface area contributed by atoms with Crippen molar-refractivity contribution in [2.24, 2.45) is 0 Å². The second kappa shape index (κ2) is 9.05. The number of fused-ring (bicyclic) bond motifs is 1. The van der Waals surface area contributed by atoms with Crippen LogP contribution in [0.25, 0.3) is 22.2 Å². The van der Waals surface area contributed by atoms with E-state index in [0.717, 1.165) is 16.5 Å². The van der Waals surface area contributed by atoms with Crippen molar-refractivity contribution in [3.8, 4) is 11.3 Å². The Morgan fingerprint density at radius 3 is 2.71 bits per heavy atom. The molecule has 1 fully saturated rings. The third-order valence-electron chi connectivity index (χ3n) is 5.71. The summed E-state index contributed by atoms with van der Waals surface area (Å²) < 4.78 is 30.8. The van der Waals surface area contributed by atoms with Crippen LogP contribution in [0.1, 0.15) is 24.6 Å². The fourth-order valence-corrected chi connectivity index (χ4v) is 3.96. The van der Waals surface area contributed by atoms with E-state index in [0.29, 0.717) is 43.4 Å². The van der Waals surface area contributed by atoms with Crippen molar-refractivity contribution in [1.82, 2.24) is 24.8 Å². The number of carbonyl (C=O) groups excluding carboxylic acids is 1. The Labute approximate surface area is 179 Å². The van der Waals surface area contributed by atoms with E-state index in [9.17, 15) is 13.6 Å². The molecule has 9 heteroatoms. The number of likely N-dealkylation sites (tertiary alicyclic amines) is 1. The van der Waals surface area contributed by atoms with E-state index in [1.807, 2.05) is 18.2 Å². The molecule has 0 saturated carbocycles. The third kappa shape index (κ3) is 5.04. The predicted molar refractivity (Wildman–Crippen MR) is 112 cm³/mol. The molecule has 0 unspecified atom stereocenters. The lowest BCUT2D eigenvalue weighted by Gasteiger charge is -2.36. The number of benzene rings is 1. The molecule has 3 heterocycles. The molecule has 4 rings (SSSR count). The van der Waals surface area contributed by atoms with Gasteiger partial charge >= 0.3 is 0 Å². The maximum atomic E-state index is 12.7. The van der Waals surface area contributed by atoms with Crippen molar-refractivity contribution < 1.29 is 18.0 Å². The second-order valence-electron chi connectivity index (χ2n) is 7.92. The SMILES string of the molecule is Cc1ncc(-c2ccc3cnc(CC(=O)N4CCC(N(C)CC(F)F)CC4)nc3c2)o1. The number of hydrogen-bond acceptors (Lipinski definition) is 6. The Kier molecular flexibility index (Phi) is 6.22. The lowest BCUT2D eigenvalue weighted by molar-refractivity contribution is -0.132. The van der Waals surface area contributed by atoms with E-state index < -0.39 is 6.43 Å². The minimum atomic E-state index is -2.34. The summed E-state index contributed by atoms with van der Waals surface area (Å²) in [5.74, 6) is 1.67. The van der Waals surface area contributed by atoms with Gasteiger partial charge in [-0.2, -0.15) is 0 Å². The van der Waals surface area contributed by atoms with Gasteiger partial charge in [0.25, 0.3) is 6.43 Å². The minimum Gasteiger partial charge on any atom is -0.441 e. The normalized spacial score (nSPS) is 15.4. The number of piperidine rings is 1. The molecule has 0 spiro atoms. The Morgan fingerprint density at radius 1 is 1.26 bits per heavy atom. The van der Waals surface area contributed by atoms with Crippen molar-refractivity contribution in [3.63, 3.8) is 0 Å². The molecule has 0 bridgehead atoms. The van der Waals surface area contributed by atoms with Crippen molar-refractivity contribution in [2.45, 2.75) is 38.7 Å². The molecule has 1 aliphatic rings. The van der Waals surface area contributed by atoms with Gasteiger partial charge < -0.3 is 9.32 Å². The number of oxazole rings is 1. The first-order valence-corrected chi connectivity index (χ1v) is 10.3. The number of halogens is 2. The zero-order chi connectivity index (χ0) is 22.0. The molecular formula is C22H25F2N5O2. The van der Waals surface area contributed by atoms with Crippen LogP contribution >= 0.6 is 0 Å². The van der Waals surface area contributed by atoms with Gasteiger partial charge in [0, 0.05) is 43.2 Å². The molecular weight excluding hydrogens is 404 g/mol.